The number of nitrogens with one attached hydrogen (secondary N) is 1. The van der Waals surface area contributed by atoms with Gasteiger partial charge in [-0.3, -0.25) is 9.59 Å². The third-order valence-corrected chi connectivity index (χ3v) is 5.96. The summed E-state index contributed by atoms with van der Waals surface area (Å²) in [5.74, 6) is -0.165. The van der Waals surface area contributed by atoms with Gasteiger partial charge < -0.3 is 18.8 Å². The maximum atomic E-state index is 12.6. The zero-order chi connectivity index (χ0) is 24.0. The van der Waals surface area contributed by atoms with Crippen LogP contribution in [0, 0.1) is 6.92 Å². The van der Waals surface area contributed by atoms with E-state index in [4.69, 9.17) is 8.92 Å². The smallest absolute Gasteiger partial charge is 0.339 e. The summed E-state index contributed by atoms with van der Waals surface area (Å²) >= 11 is 0. The van der Waals surface area contributed by atoms with Crippen LogP contribution in [0.2, 0.25) is 0 Å². The van der Waals surface area contributed by atoms with Crippen molar-refractivity contribution in [1.29, 1.82) is 0 Å². The molecule has 0 spiro atoms. The number of aromatic nitrogens is 1. The molecule has 172 valence electrons. The Bertz CT molecular complexity index is 1340. The average molecular weight is 469 g/mol. The van der Waals surface area contributed by atoms with Crippen LogP contribution >= 0.6 is 0 Å². The molecule has 0 unspecified atom stereocenters. The highest BCUT2D eigenvalue weighted by atomic mass is 32.2. The number of ether oxygens (including phenoxy) is 1. The molecule has 0 aliphatic carbocycles. The normalized spacial score (nSPS) is 11.4. The third-order valence-electron chi connectivity index (χ3n) is 4.72. The highest BCUT2D eigenvalue weighted by Gasteiger charge is 2.19. The summed E-state index contributed by atoms with van der Waals surface area (Å²) in [5.41, 5.74) is 1.87. The van der Waals surface area contributed by atoms with Crippen molar-refractivity contribution in [1.82, 2.24) is 4.57 Å². The molecule has 0 radical (unpaired) electrons. The quantitative estimate of drug-likeness (QED) is 0.400. The molecular formula is C24H24N2O6S. The van der Waals surface area contributed by atoms with E-state index in [1.807, 2.05) is 13.8 Å². The van der Waals surface area contributed by atoms with Gasteiger partial charge in [0.15, 0.2) is 11.5 Å². The van der Waals surface area contributed by atoms with Gasteiger partial charge in [0.2, 0.25) is 5.91 Å². The summed E-state index contributed by atoms with van der Waals surface area (Å²) in [6.45, 7) is 4.18. The van der Waals surface area contributed by atoms with Crippen molar-refractivity contribution in [2.24, 2.45) is 0 Å². The Labute approximate surface area is 192 Å². The van der Waals surface area contributed by atoms with E-state index in [0.29, 0.717) is 17.8 Å². The minimum absolute atomic E-state index is 0.0292. The topological polar surface area (TPSA) is 104 Å². The number of amides is 1. The molecule has 0 fully saturated rings. The lowest BCUT2D eigenvalue weighted by molar-refractivity contribution is -0.111. The van der Waals surface area contributed by atoms with Crippen molar-refractivity contribution in [2.45, 2.75) is 25.3 Å². The monoisotopic (exact) mass is 468 g/mol. The second-order valence-electron chi connectivity index (χ2n) is 7.13. The number of carbonyl (C=O) groups excluding carboxylic acids is 1. The van der Waals surface area contributed by atoms with E-state index >= 15 is 0 Å². The summed E-state index contributed by atoms with van der Waals surface area (Å²) < 4.78 is 37.1. The van der Waals surface area contributed by atoms with Crippen LogP contribution in [0.15, 0.2) is 76.6 Å². The van der Waals surface area contributed by atoms with Crippen LogP contribution in [0.5, 0.6) is 11.5 Å². The molecule has 3 rings (SSSR count). The van der Waals surface area contributed by atoms with Gasteiger partial charge in [-0.1, -0.05) is 23.8 Å². The van der Waals surface area contributed by atoms with Crippen LogP contribution in [-0.4, -0.2) is 26.0 Å². The number of pyridine rings is 1. The first kappa shape index (κ1) is 23.8. The number of aryl methyl sites for hydroxylation is 2. The molecule has 2 aromatic carbocycles. The third kappa shape index (κ3) is 6.11. The summed E-state index contributed by atoms with van der Waals surface area (Å²) in [7, 11) is -2.64. The fraction of sp³-hybridized carbons (Fsp3) is 0.167. The fourth-order valence-corrected chi connectivity index (χ4v) is 3.88. The largest absolute Gasteiger partial charge is 0.493 e. The predicted octanol–water partition coefficient (Wildman–Crippen LogP) is 3.60. The van der Waals surface area contributed by atoms with Gasteiger partial charge in [-0.2, -0.15) is 8.42 Å². The molecule has 9 heteroatoms. The van der Waals surface area contributed by atoms with E-state index in [0.717, 1.165) is 5.56 Å². The number of benzene rings is 2. The van der Waals surface area contributed by atoms with Crippen LogP contribution in [0.25, 0.3) is 6.08 Å². The first-order valence-corrected chi connectivity index (χ1v) is 11.5. The van der Waals surface area contributed by atoms with Gasteiger partial charge in [0.25, 0.3) is 5.56 Å². The van der Waals surface area contributed by atoms with Crippen molar-refractivity contribution in [3.05, 3.63) is 88.4 Å². The molecule has 0 saturated heterocycles. The molecule has 3 aromatic rings. The van der Waals surface area contributed by atoms with Crippen LogP contribution in [0.4, 0.5) is 5.69 Å². The van der Waals surface area contributed by atoms with Crippen molar-refractivity contribution < 1.29 is 22.1 Å². The Morgan fingerprint density at radius 1 is 1.06 bits per heavy atom. The van der Waals surface area contributed by atoms with E-state index in [9.17, 15) is 18.0 Å². The average Bonchev–Trinajstić information content (AvgIpc) is 2.79. The van der Waals surface area contributed by atoms with Crippen molar-refractivity contribution in [3.8, 4) is 11.5 Å². The van der Waals surface area contributed by atoms with Crippen LogP contribution < -0.4 is 19.8 Å². The molecule has 33 heavy (non-hydrogen) atoms. The highest BCUT2D eigenvalue weighted by molar-refractivity contribution is 7.87. The fourth-order valence-electron chi connectivity index (χ4n) is 2.94. The number of hydrogen-bond donors (Lipinski definition) is 1. The highest BCUT2D eigenvalue weighted by Crippen LogP contribution is 2.31. The lowest BCUT2D eigenvalue weighted by Gasteiger charge is -2.11. The van der Waals surface area contributed by atoms with Crippen molar-refractivity contribution >= 4 is 27.8 Å². The molecular weight excluding hydrogens is 444 g/mol. The van der Waals surface area contributed by atoms with E-state index < -0.39 is 16.0 Å². The number of carbonyl (C=O) groups is 1. The number of hydrogen-bond acceptors (Lipinski definition) is 6. The molecule has 1 heterocycles. The van der Waals surface area contributed by atoms with Crippen LogP contribution in [0.1, 0.15) is 18.1 Å². The van der Waals surface area contributed by atoms with E-state index in [-0.39, 0.29) is 22.0 Å². The number of rotatable bonds is 8. The molecule has 1 amide bonds. The molecule has 0 atom stereocenters. The zero-order valence-electron chi connectivity index (χ0n) is 18.4. The minimum atomic E-state index is -4.03. The zero-order valence-corrected chi connectivity index (χ0v) is 19.3. The Morgan fingerprint density at radius 3 is 2.45 bits per heavy atom. The molecule has 0 aliphatic heterocycles. The predicted molar refractivity (Wildman–Crippen MR) is 126 cm³/mol. The Morgan fingerprint density at radius 2 is 1.79 bits per heavy atom. The van der Waals surface area contributed by atoms with Gasteiger partial charge in [0.05, 0.1) is 12.8 Å². The molecule has 0 aliphatic rings. The minimum Gasteiger partial charge on any atom is -0.493 e. The second-order valence-corrected chi connectivity index (χ2v) is 8.67. The lowest BCUT2D eigenvalue weighted by Crippen LogP contribution is -2.19. The Kier molecular flexibility index (Phi) is 7.34. The summed E-state index contributed by atoms with van der Waals surface area (Å²) in [6, 6.07) is 13.8. The maximum Gasteiger partial charge on any atom is 0.339 e. The lowest BCUT2D eigenvalue weighted by atomic mass is 10.2. The van der Waals surface area contributed by atoms with Gasteiger partial charge >= 0.3 is 10.1 Å². The Balaban J connectivity index is 1.73. The van der Waals surface area contributed by atoms with E-state index in [1.54, 1.807) is 36.5 Å². The standard InChI is InChI=1S/C24H24N2O6S/c1-4-26-16-19(9-14-24(26)28)25-23(27)13-8-18-7-12-21(22(15-18)31-3)32-33(29,30)20-10-5-17(2)6-11-20/h5-16H,4H2,1-3H3,(H,25,27)/b13-8+. The molecule has 0 bridgehead atoms. The molecule has 1 N–H and O–H groups in total. The number of methoxy groups -OCH3 is 1. The van der Waals surface area contributed by atoms with Gasteiger partial charge in [-0.15, -0.1) is 0 Å². The maximum absolute atomic E-state index is 12.6. The first-order chi connectivity index (χ1) is 15.7. The van der Waals surface area contributed by atoms with Crippen molar-refractivity contribution in [3.63, 3.8) is 0 Å². The molecule has 0 saturated carbocycles. The van der Waals surface area contributed by atoms with Crippen LogP contribution in [0.3, 0.4) is 0 Å². The number of anilines is 1. The molecule has 8 nitrogen and oxygen atoms in total. The number of nitrogens with zero attached hydrogens (tertiary/aromatic N) is 1. The second kappa shape index (κ2) is 10.2. The summed E-state index contributed by atoms with van der Waals surface area (Å²) in [4.78, 5) is 23.9. The summed E-state index contributed by atoms with van der Waals surface area (Å²) in [5, 5.41) is 2.69. The molecule has 1 aromatic heterocycles. The van der Waals surface area contributed by atoms with Gasteiger partial charge in [0, 0.05) is 24.9 Å². The van der Waals surface area contributed by atoms with Gasteiger partial charge in [-0.05, 0) is 55.8 Å². The first-order valence-electron chi connectivity index (χ1n) is 10.1. The van der Waals surface area contributed by atoms with Crippen molar-refractivity contribution in [2.75, 3.05) is 12.4 Å². The van der Waals surface area contributed by atoms with Crippen LogP contribution in [-0.2, 0) is 21.5 Å². The summed E-state index contributed by atoms with van der Waals surface area (Å²) in [6.07, 6.45) is 4.43. The van der Waals surface area contributed by atoms with Gasteiger partial charge in [-0.25, -0.2) is 0 Å². The van der Waals surface area contributed by atoms with E-state index in [2.05, 4.69) is 5.32 Å². The van der Waals surface area contributed by atoms with Gasteiger partial charge in [0.1, 0.15) is 4.90 Å². The SMILES string of the molecule is CCn1cc(NC(=O)/C=C/c2ccc(OS(=O)(=O)c3ccc(C)cc3)c(OC)c2)ccc1=O. The Hall–Kier alpha value is -3.85. The van der Waals surface area contributed by atoms with E-state index in [1.165, 1.54) is 48.1 Å².